The average Bonchev–Trinajstić information content (AvgIpc) is 2.43. The van der Waals surface area contributed by atoms with E-state index in [2.05, 4.69) is 21.2 Å². The van der Waals surface area contributed by atoms with Crippen molar-refractivity contribution in [2.45, 2.75) is 37.8 Å². The zero-order valence-corrected chi connectivity index (χ0v) is 14.2. The fourth-order valence-electron chi connectivity index (χ4n) is 2.39. The summed E-state index contributed by atoms with van der Waals surface area (Å²) in [7, 11) is 0. The third-order valence-corrected chi connectivity index (χ3v) is 4.66. The zero-order valence-electron chi connectivity index (χ0n) is 11.8. The lowest BCUT2D eigenvalue weighted by Crippen LogP contribution is -2.62. The van der Waals surface area contributed by atoms with Crippen molar-refractivity contribution in [2.24, 2.45) is 0 Å². The number of thiocarbonyl (C=S) groups is 1. The van der Waals surface area contributed by atoms with Crippen LogP contribution in [0.2, 0.25) is 0 Å². The van der Waals surface area contributed by atoms with Crippen LogP contribution in [-0.4, -0.2) is 23.1 Å². The monoisotopic (exact) mass is 381 g/mol. The van der Waals surface area contributed by atoms with Gasteiger partial charge in [-0.1, -0.05) is 18.3 Å². The molecule has 1 aromatic carbocycles. The van der Waals surface area contributed by atoms with Gasteiger partial charge in [0.15, 0.2) is 0 Å². The first kappa shape index (κ1) is 16.7. The number of ether oxygens (including phenoxy) is 1. The lowest BCUT2D eigenvalue weighted by Gasteiger charge is -2.43. The van der Waals surface area contributed by atoms with Gasteiger partial charge in [0.2, 0.25) is 0 Å². The molecule has 2 rings (SSSR count). The minimum absolute atomic E-state index is 0.0874. The average molecular weight is 382 g/mol. The van der Waals surface area contributed by atoms with Gasteiger partial charge in [-0.25, -0.2) is 13.2 Å². The summed E-state index contributed by atoms with van der Waals surface area (Å²) >= 11 is 8.08. The van der Waals surface area contributed by atoms with Crippen molar-refractivity contribution in [1.29, 1.82) is 0 Å². The highest BCUT2D eigenvalue weighted by atomic mass is 79.9. The molecule has 0 aliphatic carbocycles. The molecule has 1 aromatic rings. The predicted molar refractivity (Wildman–Crippen MR) is 82.2 cm³/mol. The highest BCUT2D eigenvalue weighted by Gasteiger charge is 2.63. The van der Waals surface area contributed by atoms with Crippen LogP contribution in [-0.2, 0) is 10.3 Å². The fourth-order valence-corrected chi connectivity index (χ4v) is 3.03. The van der Waals surface area contributed by atoms with E-state index in [1.807, 2.05) is 0 Å². The predicted octanol–water partition coefficient (Wildman–Crippen LogP) is 4.16. The van der Waals surface area contributed by atoms with Crippen molar-refractivity contribution < 1.29 is 17.9 Å². The lowest BCUT2D eigenvalue weighted by atomic mass is 9.78. The Morgan fingerprint density at radius 2 is 1.90 bits per heavy atom. The summed E-state index contributed by atoms with van der Waals surface area (Å²) in [5.74, 6) is -3.80. The molecule has 2 nitrogen and oxygen atoms in total. The van der Waals surface area contributed by atoms with Gasteiger partial charge < -0.3 is 10.1 Å². The summed E-state index contributed by atoms with van der Waals surface area (Å²) in [6.45, 7) is 3.89. The molecule has 1 unspecified atom stereocenters. The van der Waals surface area contributed by atoms with Crippen molar-refractivity contribution in [3.63, 3.8) is 0 Å². The smallest absolute Gasteiger partial charge is 0.302 e. The van der Waals surface area contributed by atoms with Gasteiger partial charge in [-0.3, -0.25) is 0 Å². The molecule has 1 atom stereocenters. The standard InChI is InChI=1S/C14H15BrF3NOS/c1-12(2)14(17,18)13(3,19-11(21)7-20-12)8-4-5-10(16)9(15)6-8/h4-6H,7H2,1-3H3,(H,19,21). The molecule has 0 bridgehead atoms. The third-order valence-electron chi connectivity index (χ3n) is 3.83. The highest BCUT2D eigenvalue weighted by Crippen LogP contribution is 2.48. The van der Waals surface area contributed by atoms with Gasteiger partial charge >= 0.3 is 5.92 Å². The molecule has 21 heavy (non-hydrogen) atoms. The van der Waals surface area contributed by atoms with Crippen molar-refractivity contribution in [1.82, 2.24) is 5.32 Å². The molecule has 1 heterocycles. The molecule has 1 saturated heterocycles. The first-order valence-corrected chi connectivity index (χ1v) is 7.50. The summed E-state index contributed by atoms with van der Waals surface area (Å²) in [6.07, 6.45) is 0. The van der Waals surface area contributed by atoms with Crippen molar-refractivity contribution in [3.05, 3.63) is 34.1 Å². The highest BCUT2D eigenvalue weighted by molar-refractivity contribution is 9.10. The zero-order chi connectivity index (χ0) is 16.1. The first-order chi connectivity index (χ1) is 9.51. The number of benzene rings is 1. The van der Waals surface area contributed by atoms with E-state index in [-0.39, 0.29) is 21.6 Å². The van der Waals surface area contributed by atoms with Gasteiger partial charge in [0, 0.05) is 0 Å². The molecule has 0 saturated carbocycles. The molecule has 1 N–H and O–H groups in total. The van der Waals surface area contributed by atoms with Crippen LogP contribution in [0.1, 0.15) is 26.3 Å². The van der Waals surface area contributed by atoms with Crippen LogP contribution in [0.25, 0.3) is 0 Å². The molecule has 0 radical (unpaired) electrons. The van der Waals surface area contributed by atoms with Crippen LogP contribution in [0.3, 0.4) is 0 Å². The summed E-state index contributed by atoms with van der Waals surface area (Å²) in [5.41, 5.74) is -3.31. The van der Waals surface area contributed by atoms with Crippen LogP contribution in [0.5, 0.6) is 0 Å². The summed E-state index contributed by atoms with van der Waals surface area (Å²) in [5, 5.41) is 2.68. The molecule has 1 aliphatic heterocycles. The Bertz CT molecular complexity index is 594. The van der Waals surface area contributed by atoms with Gasteiger partial charge in [0.25, 0.3) is 0 Å². The SMILES string of the molecule is CC1(C)OCC(=S)NC(C)(c2ccc(F)c(Br)c2)C1(F)F. The number of halogens is 4. The quantitative estimate of drug-likeness (QED) is 0.737. The van der Waals surface area contributed by atoms with Gasteiger partial charge in [-0.05, 0) is 54.4 Å². The lowest BCUT2D eigenvalue weighted by molar-refractivity contribution is -0.215. The van der Waals surface area contributed by atoms with E-state index >= 15 is 8.78 Å². The largest absolute Gasteiger partial charge is 0.363 e. The van der Waals surface area contributed by atoms with Crippen molar-refractivity contribution >= 4 is 33.1 Å². The van der Waals surface area contributed by atoms with E-state index in [4.69, 9.17) is 17.0 Å². The normalized spacial score (nSPS) is 27.9. The Hall–Kier alpha value is -0.660. The van der Waals surface area contributed by atoms with E-state index in [1.54, 1.807) is 0 Å². The number of hydrogen-bond acceptors (Lipinski definition) is 2. The number of rotatable bonds is 1. The number of nitrogens with one attached hydrogen (secondary N) is 1. The maximum absolute atomic E-state index is 15.0. The van der Waals surface area contributed by atoms with Gasteiger partial charge in [0.1, 0.15) is 21.9 Å². The molecule has 1 aliphatic rings. The van der Waals surface area contributed by atoms with Crippen LogP contribution in [0.15, 0.2) is 22.7 Å². The molecule has 1 fully saturated rings. The molecule has 0 aromatic heterocycles. The van der Waals surface area contributed by atoms with E-state index in [0.717, 1.165) is 6.07 Å². The van der Waals surface area contributed by atoms with E-state index in [0.29, 0.717) is 0 Å². The van der Waals surface area contributed by atoms with Crippen molar-refractivity contribution in [2.75, 3.05) is 6.61 Å². The second-order valence-electron chi connectivity index (χ2n) is 5.68. The molecular weight excluding hydrogens is 367 g/mol. The van der Waals surface area contributed by atoms with Crippen LogP contribution >= 0.6 is 28.1 Å². The van der Waals surface area contributed by atoms with Gasteiger partial charge in [-0.2, -0.15) is 0 Å². The van der Waals surface area contributed by atoms with Gasteiger partial charge in [-0.15, -0.1) is 0 Å². The molecule has 7 heteroatoms. The Morgan fingerprint density at radius 3 is 2.48 bits per heavy atom. The first-order valence-electron chi connectivity index (χ1n) is 6.29. The Balaban J connectivity index is 2.63. The summed E-state index contributed by atoms with van der Waals surface area (Å²) in [6, 6.07) is 3.80. The van der Waals surface area contributed by atoms with E-state index < -0.39 is 22.9 Å². The topological polar surface area (TPSA) is 21.3 Å². The summed E-state index contributed by atoms with van der Waals surface area (Å²) < 4.78 is 48.8. The Labute approximate surface area is 135 Å². The van der Waals surface area contributed by atoms with Crippen LogP contribution in [0, 0.1) is 5.82 Å². The summed E-state index contributed by atoms with van der Waals surface area (Å²) in [4.78, 5) is 0.184. The Kier molecular flexibility index (Phi) is 4.14. The Morgan fingerprint density at radius 1 is 1.29 bits per heavy atom. The maximum Gasteiger partial charge on any atom is 0.302 e. The van der Waals surface area contributed by atoms with Crippen molar-refractivity contribution in [3.8, 4) is 0 Å². The molecule has 0 spiro atoms. The molecular formula is C14H15BrF3NOS. The fraction of sp³-hybridized carbons (Fsp3) is 0.500. The second-order valence-corrected chi connectivity index (χ2v) is 7.02. The number of hydrogen-bond donors (Lipinski definition) is 1. The third kappa shape index (κ3) is 2.59. The van der Waals surface area contributed by atoms with E-state index in [1.165, 1.54) is 32.9 Å². The van der Waals surface area contributed by atoms with Crippen LogP contribution < -0.4 is 5.32 Å². The molecule has 116 valence electrons. The van der Waals surface area contributed by atoms with Crippen LogP contribution in [0.4, 0.5) is 13.2 Å². The maximum atomic E-state index is 15.0. The minimum atomic E-state index is -3.28. The second kappa shape index (κ2) is 5.21. The number of alkyl halides is 2. The minimum Gasteiger partial charge on any atom is -0.363 e. The van der Waals surface area contributed by atoms with Gasteiger partial charge in [0.05, 0.1) is 11.1 Å². The van der Waals surface area contributed by atoms with E-state index in [9.17, 15) is 4.39 Å². The molecule has 0 amide bonds.